The van der Waals surface area contributed by atoms with Crippen LogP contribution in [-0.4, -0.2) is 140 Å². The third kappa shape index (κ3) is 28.3. The van der Waals surface area contributed by atoms with Crippen LogP contribution >= 0.6 is 23.5 Å². The molecule has 6 atom stereocenters. The number of piperazine rings is 1. The fraction of sp³-hybridized carbons (Fsp3) is 0.909. The van der Waals surface area contributed by atoms with Crippen molar-refractivity contribution in [2.75, 3.05) is 50.8 Å². The highest BCUT2D eigenvalue weighted by molar-refractivity contribution is 8.13. The van der Waals surface area contributed by atoms with Gasteiger partial charge in [-0.3, -0.25) is 29.0 Å². The number of hydrogen-bond acceptors (Lipinski definition) is 12. The summed E-state index contributed by atoms with van der Waals surface area (Å²) in [5.74, 6) is -0.147. The van der Waals surface area contributed by atoms with Crippen molar-refractivity contribution in [3.05, 3.63) is 0 Å². The van der Waals surface area contributed by atoms with Crippen molar-refractivity contribution < 1.29 is 39.6 Å². The second kappa shape index (κ2) is 35.3. The van der Waals surface area contributed by atoms with E-state index in [9.17, 15) is 39.6 Å². The van der Waals surface area contributed by atoms with Crippen LogP contribution < -0.4 is 10.6 Å². The van der Waals surface area contributed by atoms with Gasteiger partial charge in [0.05, 0.1) is 24.4 Å². The Hall–Kier alpha value is -1.26. The molecule has 0 aromatic rings. The van der Waals surface area contributed by atoms with Gasteiger partial charge in [-0.05, 0) is 25.7 Å². The molecule has 0 radical (unpaired) electrons. The van der Waals surface area contributed by atoms with E-state index in [1.807, 2.05) is 9.80 Å². The monoisotopic (exact) mass is 861 g/mol. The predicted molar refractivity (Wildman–Crippen MR) is 240 cm³/mol. The zero-order valence-corrected chi connectivity index (χ0v) is 38.4. The van der Waals surface area contributed by atoms with Crippen molar-refractivity contribution in [2.24, 2.45) is 0 Å². The Morgan fingerprint density at radius 1 is 0.500 bits per heavy atom. The van der Waals surface area contributed by atoms with Crippen LogP contribution in [0.25, 0.3) is 0 Å². The minimum absolute atomic E-state index is 0.178. The highest BCUT2D eigenvalue weighted by atomic mass is 32.2. The van der Waals surface area contributed by atoms with Crippen LogP contribution in [0, 0.1) is 0 Å². The largest absolute Gasteiger partial charge is 0.392 e. The summed E-state index contributed by atoms with van der Waals surface area (Å²) in [6.45, 7) is 11.3. The standard InChI is InChI=1S/C44H84N4O8S2/c1-5-9-13-17-21-35(49)31-47(32-36(50)22-18-14-10-6-2)25-27-57-41(53)29-39-43(55)46-40(44(56)45-39)30-42(54)58-28-26-48(33-37(51)23-19-15-11-7-3)34-38(52)24-20-16-12-8-4/h35-40,49-52H,5-34H2,1-4H3,(H,45,56)(H,46,55). The minimum Gasteiger partial charge on any atom is -0.392 e. The lowest BCUT2D eigenvalue weighted by atomic mass is 10.1. The van der Waals surface area contributed by atoms with Crippen molar-refractivity contribution in [2.45, 2.75) is 205 Å². The summed E-state index contributed by atoms with van der Waals surface area (Å²) in [6, 6.07) is -2.04. The van der Waals surface area contributed by atoms with Gasteiger partial charge in [0.15, 0.2) is 10.2 Å². The second-order valence-electron chi connectivity index (χ2n) is 16.5. The van der Waals surface area contributed by atoms with E-state index < -0.39 is 48.3 Å². The van der Waals surface area contributed by atoms with Gasteiger partial charge in [-0.25, -0.2) is 0 Å². The Labute approximate surface area is 360 Å². The van der Waals surface area contributed by atoms with Crippen LogP contribution in [0.2, 0.25) is 0 Å². The van der Waals surface area contributed by atoms with Crippen molar-refractivity contribution >= 4 is 45.6 Å². The molecule has 14 heteroatoms. The number of nitrogens with one attached hydrogen (secondary N) is 2. The molecule has 1 fully saturated rings. The fourth-order valence-electron chi connectivity index (χ4n) is 7.29. The van der Waals surface area contributed by atoms with Crippen LogP contribution in [0.1, 0.15) is 169 Å². The number of aliphatic hydroxyl groups is 4. The first-order chi connectivity index (χ1) is 27.9. The third-order valence-corrected chi connectivity index (χ3v) is 12.5. The van der Waals surface area contributed by atoms with Crippen LogP contribution in [0.5, 0.6) is 0 Å². The second-order valence-corrected chi connectivity index (χ2v) is 18.8. The van der Waals surface area contributed by atoms with Crippen LogP contribution in [0.3, 0.4) is 0 Å². The van der Waals surface area contributed by atoms with Crippen molar-refractivity contribution in [1.29, 1.82) is 0 Å². The molecule has 340 valence electrons. The lowest BCUT2D eigenvalue weighted by molar-refractivity contribution is -0.138. The van der Waals surface area contributed by atoms with Gasteiger partial charge < -0.3 is 31.1 Å². The van der Waals surface area contributed by atoms with Gasteiger partial charge >= 0.3 is 0 Å². The lowest BCUT2D eigenvalue weighted by Gasteiger charge is -2.29. The maximum Gasteiger partial charge on any atom is 0.243 e. The van der Waals surface area contributed by atoms with E-state index in [0.29, 0.717) is 76.5 Å². The zero-order valence-electron chi connectivity index (χ0n) is 36.8. The number of nitrogens with zero attached hydrogens (tertiary/aromatic N) is 2. The first-order valence-electron chi connectivity index (χ1n) is 23.0. The number of rotatable bonds is 38. The Bertz CT molecular complexity index is 970. The highest BCUT2D eigenvalue weighted by Crippen LogP contribution is 2.17. The summed E-state index contributed by atoms with van der Waals surface area (Å²) in [7, 11) is 0. The van der Waals surface area contributed by atoms with Crippen molar-refractivity contribution in [3.63, 3.8) is 0 Å². The van der Waals surface area contributed by atoms with Gasteiger partial charge in [-0.2, -0.15) is 0 Å². The number of amides is 2. The molecule has 1 aliphatic rings. The topological polar surface area (TPSA) is 180 Å². The Kier molecular flexibility index (Phi) is 33.4. The molecule has 0 saturated carbocycles. The van der Waals surface area contributed by atoms with E-state index in [1.54, 1.807) is 0 Å². The highest BCUT2D eigenvalue weighted by Gasteiger charge is 2.36. The van der Waals surface area contributed by atoms with E-state index in [2.05, 4.69) is 38.3 Å². The van der Waals surface area contributed by atoms with Crippen LogP contribution in [0.15, 0.2) is 0 Å². The maximum atomic E-state index is 13.0. The molecule has 0 aromatic heterocycles. The molecule has 0 spiro atoms. The fourth-order valence-corrected chi connectivity index (χ4v) is 9.01. The molecule has 1 aliphatic heterocycles. The molecule has 2 amide bonds. The minimum atomic E-state index is -1.02. The molecule has 58 heavy (non-hydrogen) atoms. The van der Waals surface area contributed by atoms with Crippen LogP contribution in [0.4, 0.5) is 0 Å². The average Bonchev–Trinajstić information content (AvgIpc) is 3.17. The van der Waals surface area contributed by atoms with Gasteiger partial charge in [0.25, 0.3) is 0 Å². The lowest BCUT2D eigenvalue weighted by Crippen LogP contribution is -2.62. The first kappa shape index (κ1) is 54.8. The van der Waals surface area contributed by atoms with Crippen LogP contribution in [-0.2, 0) is 19.2 Å². The summed E-state index contributed by atoms with van der Waals surface area (Å²) in [6.07, 6.45) is 17.6. The van der Waals surface area contributed by atoms with Gasteiger partial charge in [0.1, 0.15) is 12.1 Å². The molecule has 1 rings (SSSR count). The maximum absolute atomic E-state index is 13.0. The number of carbonyl (C=O) groups excluding carboxylic acids is 4. The van der Waals surface area contributed by atoms with Gasteiger partial charge in [-0.1, -0.05) is 154 Å². The molecule has 0 bridgehead atoms. The predicted octanol–water partition coefficient (Wildman–Crippen LogP) is 6.20. The summed E-state index contributed by atoms with van der Waals surface area (Å²) in [4.78, 5) is 55.8. The molecule has 6 N–H and O–H groups in total. The van der Waals surface area contributed by atoms with Crippen molar-refractivity contribution in [1.82, 2.24) is 20.4 Å². The number of thioether (sulfide) groups is 2. The number of unbranched alkanes of at least 4 members (excludes halogenated alkanes) is 12. The molecule has 6 unspecified atom stereocenters. The summed E-state index contributed by atoms with van der Waals surface area (Å²) in [5, 5.41) is 47.6. The summed E-state index contributed by atoms with van der Waals surface area (Å²) >= 11 is 2.16. The van der Waals surface area contributed by atoms with E-state index in [-0.39, 0.29) is 23.1 Å². The average molecular weight is 861 g/mol. The van der Waals surface area contributed by atoms with Gasteiger partial charge in [0, 0.05) is 63.6 Å². The smallest absolute Gasteiger partial charge is 0.243 e. The Balaban J connectivity index is 2.59. The normalized spacial score (nSPS) is 18.0. The molecule has 0 aromatic carbocycles. The molecule has 1 heterocycles. The first-order valence-corrected chi connectivity index (χ1v) is 25.0. The molecule has 1 saturated heterocycles. The molecule has 12 nitrogen and oxygen atoms in total. The quantitative estimate of drug-likeness (QED) is 0.0388. The zero-order chi connectivity index (χ0) is 43.0. The number of carbonyl (C=O) groups is 4. The number of aliphatic hydroxyl groups excluding tert-OH is 4. The molecular formula is C44H84N4O8S2. The summed E-state index contributed by atoms with van der Waals surface area (Å²) in [5.41, 5.74) is 0. The molecular weight excluding hydrogens is 777 g/mol. The van der Waals surface area contributed by atoms with E-state index in [4.69, 9.17) is 0 Å². The molecule has 0 aliphatic carbocycles. The SMILES string of the molecule is CCCCCCC(O)CN(CCSC(=O)CC1NC(=O)C(CC(=O)SCCN(CC(O)CCCCCC)CC(O)CCCCCC)NC1=O)CC(O)CCCCCC. The third-order valence-electron chi connectivity index (χ3n) is 10.8. The van der Waals surface area contributed by atoms with E-state index in [0.717, 1.165) is 126 Å². The van der Waals surface area contributed by atoms with Crippen molar-refractivity contribution in [3.8, 4) is 0 Å². The number of hydrogen-bond donors (Lipinski definition) is 6. The van der Waals surface area contributed by atoms with E-state index >= 15 is 0 Å². The Morgan fingerprint density at radius 3 is 1.03 bits per heavy atom. The van der Waals surface area contributed by atoms with Gasteiger partial charge in [-0.15, -0.1) is 0 Å². The summed E-state index contributed by atoms with van der Waals surface area (Å²) < 4.78 is 0. The van der Waals surface area contributed by atoms with E-state index in [1.165, 1.54) is 0 Å². The Morgan fingerprint density at radius 2 is 0.776 bits per heavy atom. The van der Waals surface area contributed by atoms with Gasteiger partial charge in [0.2, 0.25) is 11.8 Å².